The summed E-state index contributed by atoms with van der Waals surface area (Å²) in [6.45, 7) is 5.11. The summed E-state index contributed by atoms with van der Waals surface area (Å²) >= 11 is 0. The normalized spacial score (nSPS) is 9.40. The summed E-state index contributed by atoms with van der Waals surface area (Å²) in [6, 6.07) is 9.29. The quantitative estimate of drug-likeness (QED) is 0.758. The number of amides is 1. The van der Waals surface area contributed by atoms with Gasteiger partial charge in [-0.3, -0.25) is 9.59 Å². The molecule has 0 unspecified atom stereocenters. The first kappa shape index (κ1) is 11.2. The van der Waals surface area contributed by atoms with E-state index < -0.39 is 0 Å². The second-order valence-electron chi connectivity index (χ2n) is 3.27. The van der Waals surface area contributed by atoms with Crippen LogP contribution in [0.1, 0.15) is 18.9 Å². The molecule has 0 saturated carbocycles. The van der Waals surface area contributed by atoms with E-state index in [2.05, 4.69) is 11.9 Å². The van der Waals surface area contributed by atoms with Crippen LogP contribution in [0, 0.1) is 0 Å². The van der Waals surface area contributed by atoms with E-state index in [1.54, 1.807) is 0 Å². The Labute approximate surface area is 88.8 Å². The summed E-state index contributed by atoms with van der Waals surface area (Å²) in [6.07, 6.45) is -0.105. The maximum Gasteiger partial charge on any atom is 0.231 e. The van der Waals surface area contributed by atoms with Crippen LogP contribution in [-0.4, -0.2) is 11.7 Å². The van der Waals surface area contributed by atoms with Gasteiger partial charge in [0.05, 0.1) is 6.42 Å². The van der Waals surface area contributed by atoms with Gasteiger partial charge in [0.1, 0.15) is 5.78 Å². The third kappa shape index (κ3) is 3.77. The molecule has 0 heterocycles. The van der Waals surface area contributed by atoms with E-state index in [1.165, 1.54) is 6.92 Å². The number of hydrogen-bond donors (Lipinski definition) is 1. The lowest BCUT2D eigenvalue weighted by Gasteiger charge is -2.06. The van der Waals surface area contributed by atoms with E-state index in [9.17, 15) is 9.59 Å². The molecule has 1 aromatic carbocycles. The van der Waals surface area contributed by atoms with Gasteiger partial charge < -0.3 is 5.32 Å². The highest BCUT2D eigenvalue weighted by atomic mass is 16.2. The maximum absolute atomic E-state index is 11.2. The van der Waals surface area contributed by atoms with Crippen molar-refractivity contribution in [3.05, 3.63) is 42.5 Å². The SMILES string of the molecule is C=C(NC(=O)CC(C)=O)c1ccccc1. The van der Waals surface area contributed by atoms with Crippen LogP contribution in [0.15, 0.2) is 36.9 Å². The fourth-order valence-corrected chi connectivity index (χ4v) is 1.15. The highest BCUT2D eigenvalue weighted by Gasteiger charge is 2.06. The summed E-state index contributed by atoms with van der Waals surface area (Å²) in [7, 11) is 0. The van der Waals surface area contributed by atoms with Crippen LogP contribution in [0.25, 0.3) is 5.70 Å². The molecule has 78 valence electrons. The van der Waals surface area contributed by atoms with Crippen molar-refractivity contribution in [2.24, 2.45) is 0 Å². The molecule has 0 atom stereocenters. The van der Waals surface area contributed by atoms with E-state index in [-0.39, 0.29) is 18.1 Å². The van der Waals surface area contributed by atoms with Crippen molar-refractivity contribution < 1.29 is 9.59 Å². The molecule has 0 radical (unpaired) electrons. The summed E-state index contributed by atoms with van der Waals surface area (Å²) < 4.78 is 0. The number of nitrogens with one attached hydrogen (secondary N) is 1. The van der Waals surface area contributed by atoms with E-state index in [0.717, 1.165) is 5.56 Å². The number of Topliss-reactive ketones (excluding diaryl/α,β-unsaturated/α-hetero) is 1. The van der Waals surface area contributed by atoms with Gasteiger partial charge >= 0.3 is 0 Å². The van der Waals surface area contributed by atoms with Crippen LogP contribution in [0.2, 0.25) is 0 Å². The van der Waals surface area contributed by atoms with E-state index in [1.807, 2.05) is 30.3 Å². The summed E-state index contributed by atoms with van der Waals surface area (Å²) in [5.74, 6) is -0.482. The van der Waals surface area contributed by atoms with Gasteiger partial charge in [0.25, 0.3) is 0 Å². The first-order chi connectivity index (χ1) is 7.09. The fraction of sp³-hybridized carbons (Fsp3) is 0.167. The zero-order valence-electron chi connectivity index (χ0n) is 8.62. The molecule has 0 aliphatic heterocycles. The first-order valence-corrected chi connectivity index (χ1v) is 4.63. The number of ketones is 1. The Balaban J connectivity index is 2.57. The number of benzene rings is 1. The Hall–Kier alpha value is -1.90. The third-order valence-corrected chi connectivity index (χ3v) is 1.82. The van der Waals surface area contributed by atoms with E-state index in [0.29, 0.717) is 5.70 Å². The Morgan fingerprint density at radius 1 is 1.27 bits per heavy atom. The average molecular weight is 203 g/mol. The van der Waals surface area contributed by atoms with E-state index in [4.69, 9.17) is 0 Å². The number of carbonyl (C=O) groups excluding carboxylic acids is 2. The molecule has 1 amide bonds. The first-order valence-electron chi connectivity index (χ1n) is 4.63. The highest BCUT2D eigenvalue weighted by Crippen LogP contribution is 2.08. The number of rotatable bonds is 4. The lowest BCUT2D eigenvalue weighted by molar-refractivity contribution is -0.126. The van der Waals surface area contributed by atoms with Gasteiger partial charge in [-0.1, -0.05) is 36.9 Å². The monoisotopic (exact) mass is 203 g/mol. The van der Waals surface area contributed by atoms with Crippen LogP contribution in [-0.2, 0) is 9.59 Å². The molecule has 1 N–H and O–H groups in total. The molecule has 0 bridgehead atoms. The predicted molar refractivity (Wildman–Crippen MR) is 58.9 cm³/mol. The van der Waals surface area contributed by atoms with Crippen molar-refractivity contribution in [1.82, 2.24) is 5.32 Å². The molecule has 0 aliphatic rings. The standard InChI is InChI=1S/C12H13NO2/c1-9(14)8-12(15)13-10(2)11-6-4-3-5-7-11/h3-7H,2,8H2,1H3,(H,13,15). The molecule has 0 fully saturated rings. The van der Waals surface area contributed by atoms with Crippen molar-refractivity contribution in [2.45, 2.75) is 13.3 Å². The summed E-state index contributed by atoms with van der Waals surface area (Å²) in [5.41, 5.74) is 1.36. The average Bonchev–Trinajstić information content (AvgIpc) is 2.17. The summed E-state index contributed by atoms with van der Waals surface area (Å²) in [5, 5.41) is 2.57. The van der Waals surface area contributed by atoms with Gasteiger partial charge in [-0.2, -0.15) is 0 Å². The molecule has 3 heteroatoms. The van der Waals surface area contributed by atoms with Crippen LogP contribution >= 0.6 is 0 Å². The molecule has 15 heavy (non-hydrogen) atoms. The maximum atomic E-state index is 11.2. The minimum absolute atomic E-state index is 0.105. The highest BCUT2D eigenvalue weighted by molar-refractivity contribution is 5.99. The van der Waals surface area contributed by atoms with Crippen LogP contribution in [0.4, 0.5) is 0 Å². The lowest BCUT2D eigenvalue weighted by atomic mass is 10.1. The molecular formula is C12H13NO2. The zero-order valence-corrected chi connectivity index (χ0v) is 8.62. The van der Waals surface area contributed by atoms with Crippen LogP contribution in [0.3, 0.4) is 0 Å². The van der Waals surface area contributed by atoms with Crippen molar-refractivity contribution in [1.29, 1.82) is 0 Å². The van der Waals surface area contributed by atoms with Gasteiger partial charge in [-0.15, -0.1) is 0 Å². The summed E-state index contributed by atoms with van der Waals surface area (Å²) in [4.78, 5) is 21.9. The molecule has 0 saturated heterocycles. The molecule has 1 aromatic rings. The van der Waals surface area contributed by atoms with Crippen molar-refractivity contribution >= 4 is 17.4 Å². The molecule has 0 spiro atoms. The molecule has 1 rings (SSSR count). The van der Waals surface area contributed by atoms with Gasteiger partial charge in [-0.25, -0.2) is 0 Å². The minimum Gasteiger partial charge on any atom is -0.326 e. The van der Waals surface area contributed by atoms with Crippen molar-refractivity contribution in [3.8, 4) is 0 Å². The third-order valence-electron chi connectivity index (χ3n) is 1.82. The fourth-order valence-electron chi connectivity index (χ4n) is 1.15. The van der Waals surface area contributed by atoms with Gasteiger partial charge in [-0.05, 0) is 12.5 Å². The Morgan fingerprint density at radius 2 is 1.87 bits per heavy atom. The second kappa shape index (κ2) is 5.10. The Kier molecular flexibility index (Phi) is 3.80. The number of hydrogen-bond acceptors (Lipinski definition) is 2. The molecule has 3 nitrogen and oxygen atoms in total. The van der Waals surface area contributed by atoms with E-state index >= 15 is 0 Å². The topological polar surface area (TPSA) is 46.2 Å². The van der Waals surface area contributed by atoms with Crippen LogP contribution in [0.5, 0.6) is 0 Å². The minimum atomic E-state index is -0.323. The van der Waals surface area contributed by atoms with Crippen LogP contribution < -0.4 is 5.32 Å². The zero-order chi connectivity index (χ0) is 11.3. The van der Waals surface area contributed by atoms with Crippen molar-refractivity contribution in [2.75, 3.05) is 0 Å². The predicted octanol–water partition coefficient (Wildman–Crippen LogP) is 1.75. The van der Waals surface area contributed by atoms with Gasteiger partial charge in [0, 0.05) is 5.70 Å². The Morgan fingerprint density at radius 3 is 2.40 bits per heavy atom. The molecular weight excluding hydrogens is 190 g/mol. The Bertz CT molecular complexity index is 382. The van der Waals surface area contributed by atoms with Gasteiger partial charge in [0.15, 0.2) is 0 Å². The largest absolute Gasteiger partial charge is 0.326 e. The molecule has 0 aromatic heterocycles. The van der Waals surface area contributed by atoms with Crippen molar-refractivity contribution in [3.63, 3.8) is 0 Å². The number of carbonyl (C=O) groups is 2. The molecule has 0 aliphatic carbocycles. The smallest absolute Gasteiger partial charge is 0.231 e. The van der Waals surface area contributed by atoms with Gasteiger partial charge in [0.2, 0.25) is 5.91 Å². The second-order valence-corrected chi connectivity index (χ2v) is 3.27. The lowest BCUT2D eigenvalue weighted by Crippen LogP contribution is -2.23.